The summed E-state index contributed by atoms with van der Waals surface area (Å²) in [4.78, 5) is 25.6. The van der Waals surface area contributed by atoms with Gasteiger partial charge in [-0.2, -0.15) is 0 Å². The smallest absolute Gasteiger partial charge is 0.310 e. The number of hydrogen-bond donors (Lipinski definition) is 1. The van der Waals surface area contributed by atoms with Crippen LogP contribution in [0.5, 0.6) is 0 Å². The average Bonchev–Trinajstić information content (AvgIpc) is 2.27. The Morgan fingerprint density at radius 2 is 2.00 bits per heavy atom. The summed E-state index contributed by atoms with van der Waals surface area (Å²) in [5.41, 5.74) is -1.39. The normalized spacial score (nSPS) is 22.1. The van der Waals surface area contributed by atoms with Crippen LogP contribution in [0.3, 0.4) is 0 Å². The number of nitrogens with zero attached hydrogens (tertiary/aromatic N) is 1. The minimum Gasteiger partial charge on any atom is -0.481 e. The van der Waals surface area contributed by atoms with Gasteiger partial charge in [0.15, 0.2) is 0 Å². The van der Waals surface area contributed by atoms with Crippen molar-refractivity contribution in [2.45, 2.75) is 46.6 Å². The predicted molar refractivity (Wildman–Crippen MR) is 71.8 cm³/mol. The summed E-state index contributed by atoms with van der Waals surface area (Å²) in [6, 6.07) is 0. The molecule has 1 fully saturated rings. The van der Waals surface area contributed by atoms with Crippen LogP contribution in [0.2, 0.25) is 0 Å². The Kier molecular flexibility index (Phi) is 4.61. The molecule has 5 nitrogen and oxygen atoms in total. The maximum atomic E-state index is 12.4. The van der Waals surface area contributed by atoms with Crippen LogP contribution in [-0.2, 0) is 14.3 Å². The zero-order chi connectivity index (χ0) is 14.8. The Labute approximate surface area is 114 Å². The number of rotatable bonds is 4. The number of morpholine rings is 1. The van der Waals surface area contributed by atoms with E-state index in [1.165, 1.54) is 0 Å². The van der Waals surface area contributed by atoms with E-state index in [0.29, 0.717) is 19.8 Å². The van der Waals surface area contributed by atoms with Crippen LogP contribution in [0.15, 0.2) is 0 Å². The molecule has 5 heteroatoms. The minimum absolute atomic E-state index is 0.0312. The molecule has 0 aromatic heterocycles. The van der Waals surface area contributed by atoms with Gasteiger partial charge < -0.3 is 14.7 Å². The van der Waals surface area contributed by atoms with E-state index in [1.54, 1.807) is 11.8 Å². The van der Waals surface area contributed by atoms with Crippen molar-refractivity contribution < 1.29 is 19.4 Å². The molecule has 1 atom stereocenters. The van der Waals surface area contributed by atoms with E-state index in [2.05, 4.69) is 0 Å². The first-order chi connectivity index (χ1) is 8.61. The summed E-state index contributed by atoms with van der Waals surface area (Å²) >= 11 is 0. The zero-order valence-electron chi connectivity index (χ0n) is 12.5. The monoisotopic (exact) mass is 271 g/mol. The van der Waals surface area contributed by atoms with Crippen LogP contribution in [0, 0.1) is 11.3 Å². The molecular weight excluding hydrogens is 246 g/mol. The Bertz CT molecular complexity index is 364. The molecule has 0 aromatic rings. The van der Waals surface area contributed by atoms with E-state index < -0.39 is 11.4 Å². The summed E-state index contributed by atoms with van der Waals surface area (Å²) < 4.78 is 5.38. The van der Waals surface area contributed by atoms with Crippen LogP contribution >= 0.6 is 0 Å². The second kappa shape index (κ2) is 5.49. The Morgan fingerprint density at radius 1 is 1.42 bits per heavy atom. The first-order valence-electron chi connectivity index (χ1n) is 6.73. The SMILES string of the molecule is CC(C)C(C)(CC(=O)N1CCOCC1(C)C)C(=O)O. The molecular formula is C14H25NO4. The van der Waals surface area contributed by atoms with E-state index in [0.717, 1.165) is 0 Å². The van der Waals surface area contributed by atoms with Gasteiger partial charge in [0.25, 0.3) is 0 Å². The molecule has 1 rings (SSSR count). The maximum Gasteiger partial charge on any atom is 0.310 e. The van der Waals surface area contributed by atoms with E-state index in [4.69, 9.17) is 4.74 Å². The fraction of sp³-hybridized carbons (Fsp3) is 0.857. The lowest BCUT2D eigenvalue weighted by atomic mass is 9.75. The van der Waals surface area contributed by atoms with Crippen molar-refractivity contribution >= 4 is 11.9 Å². The summed E-state index contributed by atoms with van der Waals surface area (Å²) in [6.45, 7) is 10.7. The van der Waals surface area contributed by atoms with E-state index in [9.17, 15) is 14.7 Å². The lowest BCUT2D eigenvalue weighted by molar-refractivity contribution is -0.160. The van der Waals surface area contributed by atoms with Gasteiger partial charge in [0.1, 0.15) is 0 Å². The number of ether oxygens (including phenoxy) is 1. The third-order valence-corrected chi connectivity index (χ3v) is 4.23. The average molecular weight is 271 g/mol. The summed E-state index contributed by atoms with van der Waals surface area (Å²) in [5, 5.41) is 9.38. The van der Waals surface area contributed by atoms with Gasteiger partial charge in [-0.05, 0) is 26.7 Å². The molecule has 1 unspecified atom stereocenters. The molecule has 0 spiro atoms. The first kappa shape index (κ1) is 16.0. The molecule has 1 aliphatic rings. The number of carbonyl (C=O) groups excluding carboxylic acids is 1. The number of carboxylic acid groups (broad SMARTS) is 1. The van der Waals surface area contributed by atoms with Gasteiger partial charge in [-0.15, -0.1) is 0 Å². The van der Waals surface area contributed by atoms with Gasteiger partial charge in [0.2, 0.25) is 5.91 Å². The van der Waals surface area contributed by atoms with Crippen LogP contribution in [-0.4, -0.2) is 47.2 Å². The quantitative estimate of drug-likeness (QED) is 0.846. The van der Waals surface area contributed by atoms with Crippen LogP contribution < -0.4 is 0 Å². The highest BCUT2D eigenvalue weighted by Gasteiger charge is 2.42. The maximum absolute atomic E-state index is 12.4. The van der Waals surface area contributed by atoms with Crippen LogP contribution in [0.1, 0.15) is 41.0 Å². The van der Waals surface area contributed by atoms with E-state index >= 15 is 0 Å². The zero-order valence-corrected chi connectivity index (χ0v) is 12.5. The Balaban J connectivity index is 2.86. The van der Waals surface area contributed by atoms with Gasteiger partial charge in [-0.1, -0.05) is 13.8 Å². The topological polar surface area (TPSA) is 66.8 Å². The molecule has 0 saturated carbocycles. The molecule has 0 radical (unpaired) electrons. The van der Waals surface area contributed by atoms with E-state index in [1.807, 2.05) is 27.7 Å². The lowest BCUT2D eigenvalue weighted by Crippen LogP contribution is -2.56. The Hall–Kier alpha value is -1.10. The first-order valence-corrected chi connectivity index (χ1v) is 6.73. The number of carbonyl (C=O) groups is 2. The van der Waals surface area contributed by atoms with Gasteiger partial charge in [0.05, 0.1) is 24.2 Å². The lowest BCUT2D eigenvalue weighted by Gasteiger charge is -2.43. The standard InChI is InChI=1S/C14H25NO4/c1-10(2)14(5,12(17)18)8-11(16)15-6-7-19-9-13(15,3)4/h10H,6-9H2,1-5H3,(H,17,18). The molecule has 1 N–H and O–H groups in total. The molecule has 110 valence electrons. The number of aliphatic carboxylic acids is 1. The summed E-state index contributed by atoms with van der Waals surface area (Å²) in [6.07, 6.45) is 0.0312. The van der Waals surface area contributed by atoms with Crippen molar-refractivity contribution in [1.82, 2.24) is 4.90 Å². The number of amides is 1. The predicted octanol–water partition coefficient (Wildman–Crippen LogP) is 1.76. The van der Waals surface area contributed by atoms with Crippen LogP contribution in [0.4, 0.5) is 0 Å². The highest BCUT2D eigenvalue weighted by atomic mass is 16.5. The van der Waals surface area contributed by atoms with Crippen LogP contribution in [0.25, 0.3) is 0 Å². The van der Waals surface area contributed by atoms with Gasteiger partial charge in [0, 0.05) is 13.0 Å². The van der Waals surface area contributed by atoms with Crippen molar-refractivity contribution in [2.75, 3.05) is 19.8 Å². The van der Waals surface area contributed by atoms with E-state index in [-0.39, 0.29) is 23.8 Å². The van der Waals surface area contributed by atoms with Crippen molar-refractivity contribution in [1.29, 1.82) is 0 Å². The fourth-order valence-electron chi connectivity index (χ4n) is 2.26. The highest BCUT2D eigenvalue weighted by Crippen LogP contribution is 2.33. The largest absolute Gasteiger partial charge is 0.481 e. The summed E-state index contributed by atoms with van der Waals surface area (Å²) in [5.74, 6) is -1.12. The second-order valence-corrected chi connectivity index (χ2v) is 6.46. The van der Waals surface area contributed by atoms with Crippen molar-refractivity contribution in [2.24, 2.45) is 11.3 Å². The van der Waals surface area contributed by atoms with Crippen molar-refractivity contribution in [3.8, 4) is 0 Å². The molecule has 1 aliphatic heterocycles. The third-order valence-electron chi connectivity index (χ3n) is 4.23. The molecule has 0 bridgehead atoms. The van der Waals surface area contributed by atoms with Gasteiger partial charge in [-0.3, -0.25) is 9.59 Å². The Morgan fingerprint density at radius 3 is 2.42 bits per heavy atom. The van der Waals surface area contributed by atoms with Gasteiger partial charge in [-0.25, -0.2) is 0 Å². The number of carboxylic acids is 1. The third kappa shape index (κ3) is 3.26. The second-order valence-electron chi connectivity index (χ2n) is 6.46. The molecule has 19 heavy (non-hydrogen) atoms. The van der Waals surface area contributed by atoms with Crippen molar-refractivity contribution in [3.05, 3.63) is 0 Å². The molecule has 1 amide bonds. The molecule has 0 aromatic carbocycles. The highest BCUT2D eigenvalue weighted by molar-refractivity contribution is 5.85. The van der Waals surface area contributed by atoms with Gasteiger partial charge >= 0.3 is 5.97 Å². The molecule has 0 aliphatic carbocycles. The molecule has 1 heterocycles. The van der Waals surface area contributed by atoms with Crippen molar-refractivity contribution in [3.63, 3.8) is 0 Å². The fourth-order valence-corrected chi connectivity index (χ4v) is 2.26. The minimum atomic E-state index is -1.02. The molecule has 1 saturated heterocycles. The summed E-state index contributed by atoms with van der Waals surface area (Å²) in [7, 11) is 0. The number of hydrogen-bond acceptors (Lipinski definition) is 3.